The molecule has 8 nitrogen and oxygen atoms in total. The first kappa shape index (κ1) is 21.6. The number of ether oxygens (including phenoxy) is 1. The van der Waals surface area contributed by atoms with Gasteiger partial charge in [-0.15, -0.1) is 0 Å². The fourth-order valence-corrected chi connectivity index (χ4v) is 2.76. The number of carbonyl (C=O) groups is 2. The summed E-state index contributed by atoms with van der Waals surface area (Å²) in [6.45, 7) is 0.371. The average Bonchev–Trinajstić information content (AvgIpc) is 2.78. The lowest BCUT2D eigenvalue weighted by atomic mass is 10.2. The van der Waals surface area contributed by atoms with Gasteiger partial charge >= 0.3 is 6.03 Å². The summed E-state index contributed by atoms with van der Waals surface area (Å²) in [6.07, 6.45) is 1.52. The molecule has 3 amide bonds. The number of benzene rings is 2. The number of anilines is 2. The maximum Gasteiger partial charge on any atom is 0.319 e. The van der Waals surface area contributed by atoms with Crippen LogP contribution in [0.2, 0.25) is 0 Å². The van der Waals surface area contributed by atoms with E-state index in [-0.39, 0.29) is 17.6 Å². The van der Waals surface area contributed by atoms with Crippen LogP contribution in [-0.4, -0.2) is 38.1 Å². The lowest BCUT2D eigenvalue weighted by Crippen LogP contribution is -2.28. The molecule has 3 N–H and O–H groups in total. The largest absolute Gasteiger partial charge is 0.457 e. The minimum absolute atomic E-state index is 0.279. The molecule has 0 aliphatic rings. The second-order valence-corrected chi connectivity index (χ2v) is 6.95. The molecule has 0 aliphatic heterocycles. The molecule has 160 valence electrons. The highest BCUT2D eigenvalue weighted by Crippen LogP contribution is 2.22. The Bertz CT molecular complexity index is 1050. The van der Waals surface area contributed by atoms with E-state index in [1.807, 2.05) is 55.4 Å². The summed E-state index contributed by atoms with van der Waals surface area (Å²) in [5.74, 6) is 0.847. The van der Waals surface area contributed by atoms with Gasteiger partial charge in [-0.05, 0) is 42.0 Å². The van der Waals surface area contributed by atoms with Gasteiger partial charge < -0.3 is 25.6 Å². The Morgan fingerprint density at radius 2 is 1.77 bits per heavy atom. The summed E-state index contributed by atoms with van der Waals surface area (Å²) in [5, 5.41) is 8.19. The van der Waals surface area contributed by atoms with Gasteiger partial charge in [0, 0.05) is 51.3 Å². The third-order valence-electron chi connectivity index (χ3n) is 4.42. The molecule has 8 heteroatoms. The van der Waals surface area contributed by atoms with Gasteiger partial charge in [0.2, 0.25) is 0 Å². The SMILES string of the molecule is CNC(=O)c1cc(Oc2ccc(CNC(=O)Nc3cccc(N(C)C)c3)cc2)ccn1. The Hall–Kier alpha value is -4.07. The monoisotopic (exact) mass is 419 g/mol. The molecule has 0 radical (unpaired) electrons. The minimum atomic E-state index is -0.283. The lowest BCUT2D eigenvalue weighted by Gasteiger charge is -2.14. The molecule has 0 saturated heterocycles. The fraction of sp³-hybridized carbons (Fsp3) is 0.174. The topological polar surface area (TPSA) is 95.6 Å². The van der Waals surface area contributed by atoms with Crippen molar-refractivity contribution in [3.05, 3.63) is 78.1 Å². The summed E-state index contributed by atoms with van der Waals surface area (Å²) in [4.78, 5) is 29.8. The number of nitrogens with one attached hydrogen (secondary N) is 3. The molecule has 0 unspecified atom stereocenters. The molecule has 2 aromatic carbocycles. The molecule has 31 heavy (non-hydrogen) atoms. The van der Waals surface area contributed by atoms with Crippen LogP contribution in [0.1, 0.15) is 16.1 Å². The third kappa shape index (κ3) is 6.20. The van der Waals surface area contributed by atoms with Crippen LogP contribution in [0.25, 0.3) is 0 Å². The molecular formula is C23H25N5O3. The van der Waals surface area contributed by atoms with Crippen molar-refractivity contribution in [2.24, 2.45) is 0 Å². The van der Waals surface area contributed by atoms with Crippen LogP contribution >= 0.6 is 0 Å². The first-order valence-corrected chi connectivity index (χ1v) is 9.72. The van der Waals surface area contributed by atoms with E-state index < -0.39 is 0 Å². The molecule has 0 fully saturated rings. The first-order valence-electron chi connectivity index (χ1n) is 9.72. The normalized spacial score (nSPS) is 10.2. The van der Waals surface area contributed by atoms with Gasteiger partial charge in [0.1, 0.15) is 17.2 Å². The van der Waals surface area contributed by atoms with E-state index in [1.165, 1.54) is 6.20 Å². The Labute approximate surface area is 181 Å². The Morgan fingerprint density at radius 3 is 2.48 bits per heavy atom. The van der Waals surface area contributed by atoms with Crippen LogP contribution in [0.3, 0.4) is 0 Å². The van der Waals surface area contributed by atoms with Crippen molar-refractivity contribution in [2.75, 3.05) is 31.4 Å². The predicted molar refractivity (Wildman–Crippen MR) is 121 cm³/mol. The van der Waals surface area contributed by atoms with Gasteiger partial charge in [0.15, 0.2) is 0 Å². The molecule has 3 rings (SSSR count). The number of hydrogen-bond donors (Lipinski definition) is 3. The molecule has 0 bridgehead atoms. The van der Waals surface area contributed by atoms with Crippen LogP contribution < -0.4 is 25.6 Å². The molecule has 0 spiro atoms. The Morgan fingerprint density at radius 1 is 1.00 bits per heavy atom. The quantitative estimate of drug-likeness (QED) is 0.544. The lowest BCUT2D eigenvalue weighted by molar-refractivity contribution is 0.0958. The van der Waals surface area contributed by atoms with E-state index in [1.54, 1.807) is 31.3 Å². The van der Waals surface area contributed by atoms with Crippen molar-refractivity contribution in [3.8, 4) is 11.5 Å². The smallest absolute Gasteiger partial charge is 0.319 e. The maximum atomic E-state index is 12.2. The standard InChI is InChI=1S/C23H25N5O3/c1-24-22(29)21-14-20(11-12-25-21)31-19-9-7-16(8-10-19)15-26-23(30)27-17-5-4-6-18(13-17)28(2)3/h4-14H,15H2,1-3H3,(H,24,29)(H2,26,27,30). The third-order valence-corrected chi connectivity index (χ3v) is 4.42. The number of pyridine rings is 1. The average molecular weight is 419 g/mol. The van der Waals surface area contributed by atoms with Crippen molar-refractivity contribution in [2.45, 2.75) is 6.54 Å². The van der Waals surface area contributed by atoms with E-state index in [9.17, 15) is 9.59 Å². The van der Waals surface area contributed by atoms with E-state index >= 15 is 0 Å². The van der Waals surface area contributed by atoms with E-state index in [2.05, 4.69) is 20.9 Å². The van der Waals surface area contributed by atoms with Crippen LogP contribution in [0.15, 0.2) is 66.9 Å². The highest BCUT2D eigenvalue weighted by atomic mass is 16.5. The van der Waals surface area contributed by atoms with E-state index in [0.717, 1.165) is 16.9 Å². The van der Waals surface area contributed by atoms with E-state index in [0.29, 0.717) is 18.0 Å². The summed E-state index contributed by atoms with van der Waals surface area (Å²) >= 11 is 0. The summed E-state index contributed by atoms with van der Waals surface area (Å²) in [6, 6.07) is 17.9. The number of carbonyl (C=O) groups excluding carboxylic acids is 2. The summed E-state index contributed by atoms with van der Waals surface area (Å²) in [5.41, 5.74) is 2.93. The van der Waals surface area contributed by atoms with Gasteiger partial charge in [0.25, 0.3) is 5.91 Å². The number of nitrogens with zero attached hydrogens (tertiary/aromatic N) is 2. The molecule has 1 aromatic heterocycles. The minimum Gasteiger partial charge on any atom is -0.457 e. The number of aromatic nitrogens is 1. The van der Waals surface area contributed by atoms with Crippen LogP contribution in [0, 0.1) is 0 Å². The molecule has 0 aliphatic carbocycles. The molecule has 1 heterocycles. The first-order chi connectivity index (χ1) is 14.9. The van der Waals surface area contributed by atoms with Crippen LogP contribution in [0.4, 0.5) is 16.2 Å². The predicted octanol–water partition coefficient (Wildman–Crippen LogP) is 3.62. The maximum absolute atomic E-state index is 12.2. The second kappa shape index (κ2) is 10.1. The van der Waals surface area contributed by atoms with Gasteiger partial charge in [-0.1, -0.05) is 18.2 Å². The van der Waals surface area contributed by atoms with Crippen LogP contribution in [-0.2, 0) is 6.54 Å². The van der Waals surface area contributed by atoms with E-state index in [4.69, 9.17) is 4.74 Å². The zero-order valence-electron chi connectivity index (χ0n) is 17.7. The number of amides is 3. The van der Waals surface area contributed by atoms with Crippen molar-refractivity contribution >= 4 is 23.3 Å². The Kier molecular flexibility index (Phi) is 7.05. The Balaban J connectivity index is 1.53. The van der Waals surface area contributed by atoms with Crippen LogP contribution in [0.5, 0.6) is 11.5 Å². The highest BCUT2D eigenvalue weighted by Gasteiger charge is 2.07. The number of rotatable bonds is 7. The number of hydrogen-bond acceptors (Lipinski definition) is 5. The van der Waals surface area contributed by atoms with Crippen molar-refractivity contribution in [3.63, 3.8) is 0 Å². The van der Waals surface area contributed by atoms with Gasteiger partial charge in [-0.25, -0.2) is 4.79 Å². The molecule has 0 atom stereocenters. The summed E-state index contributed by atoms with van der Waals surface area (Å²) < 4.78 is 5.78. The number of urea groups is 1. The second-order valence-electron chi connectivity index (χ2n) is 6.95. The molecule has 0 saturated carbocycles. The van der Waals surface area contributed by atoms with Gasteiger partial charge in [-0.2, -0.15) is 0 Å². The van der Waals surface area contributed by atoms with Crippen molar-refractivity contribution < 1.29 is 14.3 Å². The highest BCUT2D eigenvalue weighted by molar-refractivity contribution is 5.92. The fourth-order valence-electron chi connectivity index (χ4n) is 2.76. The van der Waals surface area contributed by atoms with Crippen molar-refractivity contribution in [1.82, 2.24) is 15.6 Å². The zero-order valence-corrected chi connectivity index (χ0v) is 17.7. The summed E-state index contributed by atoms with van der Waals surface area (Å²) in [7, 11) is 5.44. The molecular weight excluding hydrogens is 394 g/mol. The van der Waals surface area contributed by atoms with Crippen molar-refractivity contribution in [1.29, 1.82) is 0 Å². The van der Waals surface area contributed by atoms with Gasteiger partial charge in [-0.3, -0.25) is 9.78 Å². The van der Waals surface area contributed by atoms with Gasteiger partial charge in [0.05, 0.1) is 0 Å². The molecule has 3 aromatic rings. The zero-order chi connectivity index (χ0) is 22.2.